The Hall–Kier alpha value is -2.91. The van der Waals surface area contributed by atoms with E-state index >= 15 is 0 Å². The third-order valence-corrected chi connectivity index (χ3v) is 30.5. The fraction of sp³-hybridized carbons (Fsp3) is 0.812. The lowest BCUT2D eigenvalue weighted by molar-refractivity contribution is -0.0789. The molecule has 12 aliphatic carbocycles. The van der Waals surface area contributed by atoms with Gasteiger partial charge in [0, 0.05) is 26.0 Å². The Morgan fingerprint density at radius 3 is 1.18 bits per heavy atom. The van der Waals surface area contributed by atoms with Crippen LogP contribution < -0.4 is 0 Å². The minimum atomic E-state index is 0.542. The minimum absolute atomic E-state index is 0.542. The van der Waals surface area contributed by atoms with Crippen LogP contribution >= 0.6 is 0 Å². The summed E-state index contributed by atoms with van der Waals surface area (Å²) in [5.41, 5.74) is 11.5. The van der Waals surface area contributed by atoms with Crippen molar-refractivity contribution in [2.45, 2.75) is 373 Å². The summed E-state index contributed by atoms with van der Waals surface area (Å²) in [6.07, 6.45) is 36.3. The average molecular weight is 1430 g/mol. The predicted molar refractivity (Wildman–Crippen MR) is 460 cm³/mol. The Morgan fingerprint density at radius 1 is 0.423 bits per heavy atom. The number of aryl methyl sites for hydroxylation is 4. The normalized spacial score (nSPS) is 27.5. The Kier molecular flexibility index (Phi) is 34.9. The standard InChI is InChI=1S/C13H22.C13H14.C12H20.C11H22.C11H16.C10H20.C8H14N2.C8H16O.C8H16.C7H14/c1-9(2)13-6-10-3-11(7-13)5-12(4-10)8-13;1-10(2)12-9-5-7-11-6-3-4-8-13(11)12;1-8(2)12-6-9-3-10(7-12)5-11(12)4-9;1-9(2)10-5-7-11(3,4)8-6-10;1-8(2)11-6-5-9(3)7-10(11)4;1-7(2)8-9(3,4)10(8,5)6;1-6(2)8-5-7(3)10(4)9-8;1-7(2)8-3-5-9-6-4-8;1-7(2)8-5-3-4-6-8;1-6(2)7-4-3-5-7/h9-12H,3-8H2,1-2H3;3-10H,1-2H3;8-11H,3-7H2,1-2H3;9-10H,5-8H2,1-4H3;5-8H,1-4H3;7-8H,1-6H3;5-6H,1-4H3;7-8H,3-6H2,1-2H3;7-8H,3-6H2,1-2H3;6-7H,3-5H2,1-2H3. The van der Waals surface area contributed by atoms with E-state index in [2.05, 4.69) is 273 Å². The largest absolute Gasteiger partial charge is 0.381 e. The molecule has 1 aromatic heterocycles. The molecular weight excluding hydrogens is 1260 g/mol. The average Bonchev–Trinajstić information content (AvgIpc) is 1.53. The van der Waals surface area contributed by atoms with Crippen molar-refractivity contribution in [2.24, 2.45) is 141 Å². The van der Waals surface area contributed by atoms with E-state index in [1.807, 2.05) is 11.7 Å². The van der Waals surface area contributed by atoms with Gasteiger partial charge in [0.1, 0.15) is 0 Å². The van der Waals surface area contributed by atoms with Gasteiger partial charge in [-0.15, -0.1) is 0 Å². The number of hydrogen-bond acceptors (Lipinski definition) is 2. The van der Waals surface area contributed by atoms with Crippen molar-refractivity contribution in [1.29, 1.82) is 0 Å². The van der Waals surface area contributed by atoms with E-state index in [0.29, 0.717) is 34.0 Å². The van der Waals surface area contributed by atoms with Gasteiger partial charge in [0.2, 0.25) is 0 Å². The van der Waals surface area contributed by atoms with Gasteiger partial charge < -0.3 is 4.74 Å². The highest BCUT2D eigenvalue weighted by atomic mass is 16.5. The van der Waals surface area contributed by atoms with Crippen LogP contribution in [-0.2, 0) is 11.8 Å². The maximum Gasteiger partial charge on any atom is 0.0652 e. The Balaban J connectivity index is 0.000000182. The molecule has 1 aliphatic heterocycles. The third kappa shape index (κ3) is 25.3. The molecule has 3 nitrogen and oxygen atoms in total. The molecule has 104 heavy (non-hydrogen) atoms. The highest BCUT2D eigenvalue weighted by Crippen LogP contribution is 2.71. The molecule has 8 bridgehead atoms. The molecule has 3 aromatic carbocycles. The first kappa shape index (κ1) is 90.0. The van der Waals surface area contributed by atoms with Crippen molar-refractivity contribution in [3.05, 3.63) is 100 Å². The molecule has 2 heterocycles. The van der Waals surface area contributed by atoms with Gasteiger partial charge in [0.05, 0.1) is 5.69 Å². The van der Waals surface area contributed by atoms with Crippen LogP contribution in [0.5, 0.6) is 0 Å². The van der Waals surface area contributed by atoms with Gasteiger partial charge >= 0.3 is 0 Å². The first-order chi connectivity index (χ1) is 48.6. The molecule has 1 saturated heterocycles. The predicted octanol–water partition coefficient (Wildman–Crippen LogP) is 31.1. The van der Waals surface area contributed by atoms with E-state index in [0.717, 1.165) is 131 Å². The Labute approximate surface area is 648 Å². The highest BCUT2D eigenvalue weighted by Gasteiger charge is 2.65. The second-order valence-electron chi connectivity index (χ2n) is 42.4. The first-order valence-corrected chi connectivity index (χ1v) is 44.8. The first-order valence-electron chi connectivity index (χ1n) is 44.8. The molecule has 0 N–H and O–H groups in total. The maximum atomic E-state index is 5.25. The van der Waals surface area contributed by atoms with Gasteiger partial charge in [0.25, 0.3) is 0 Å². The topological polar surface area (TPSA) is 27.1 Å². The number of nitrogens with zero attached hydrogens (tertiary/aromatic N) is 2. The van der Waals surface area contributed by atoms with E-state index < -0.39 is 0 Å². The van der Waals surface area contributed by atoms with Gasteiger partial charge in [-0.3, -0.25) is 4.68 Å². The van der Waals surface area contributed by atoms with Gasteiger partial charge in [-0.25, -0.2) is 0 Å². The van der Waals surface area contributed by atoms with E-state index in [-0.39, 0.29) is 0 Å². The monoisotopic (exact) mass is 1430 g/mol. The summed E-state index contributed by atoms with van der Waals surface area (Å²) in [5, 5.41) is 7.06. The molecule has 13 aliphatic rings. The molecule has 0 amide bonds. The molecule has 17 rings (SSSR count). The summed E-state index contributed by atoms with van der Waals surface area (Å²) in [6, 6.07) is 23.9. The van der Waals surface area contributed by atoms with Crippen molar-refractivity contribution in [2.75, 3.05) is 13.2 Å². The summed E-state index contributed by atoms with van der Waals surface area (Å²) in [5.74, 6) is 20.1. The molecule has 3 heteroatoms. The lowest BCUT2D eigenvalue weighted by atomic mass is 9.47. The number of hydrogen-bond donors (Lipinski definition) is 0. The quantitative estimate of drug-likeness (QED) is 0.158. The zero-order valence-corrected chi connectivity index (χ0v) is 74.7. The van der Waals surface area contributed by atoms with Gasteiger partial charge in [-0.05, 0) is 315 Å². The number of aromatic nitrogens is 2. The SMILES string of the molecule is CC(C)C12CC3CC(CC(C3)C1)C2.CC(C)C12CC3CC(CC1C3)C2.CC(C)C1C(C)(C)C1(C)C.CC(C)C1CCC(C)(C)CC1.CC(C)C1CCC1.CC(C)C1CCCC1.CC(C)C1CCOCC1.CC(C)c1cccc2ccccc12.Cc1cc(C(C)C)nn1C.Cc1ccc(C(C)C)c(C)c1. The summed E-state index contributed by atoms with van der Waals surface area (Å²) >= 11 is 0. The zero-order valence-electron chi connectivity index (χ0n) is 74.7. The van der Waals surface area contributed by atoms with E-state index in [1.54, 1.807) is 70.6 Å². The van der Waals surface area contributed by atoms with Crippen LogP contribution in [0.15, 0.2) is 66.7 Å². The summed E-state index contributed by atoms with van der Waals surface area (Å²) in [7, 11) is 1.97. The lowest BCUT2D eigenvalue weighted by Gasteiger charge is -2.58. The molecule has 2 atom stereocenters. The van der Waals surface area contributed by atoms with Crippen LogP contribution in [-0.4, -0.2) is 23.0 Å². The van der Waals surface area contributed by atoms with Crippen molar-refractivity contribution in [1.82, 2.24) is 9.78 Å². The Morgan fingerprint density at radius 2 is 0.856 bits per heavy atom. The third-order valence-electron chi connectivity index (χ3n) is 30.5. The fourth-order valence-electron chi connectivity index (χ4n) is 22.9. The molecule has 4 aromatic rings. The van der Waals surface area contributed by atoms with Gasteiger partial charge in [-0.2, -0.15) is 5.10 Å². The van der Waals surface area contributed by atoms with E-state index in [9.17, 15) is 0 Å². The number of benzene rings is 3. The molecule has 12 saturated carbocycles. The van der Waals surface area contributed by atoms with Crippen LogP contribution in [0.4, 0.5) is 0 Å². The van der Waals surface area contributed by atoms with Crippen LogP contribution in [0.3, 0.4) is 0 Å². The van der Waals surface area contributed by atoms with Crippen molar-refractivity contribution in [3.8, 4) is 0 Å². The number of fused-ring (bicyclic) bond motifs is 1. The van der Waals surface area contributed by atoms with Crippen molar-refractivity contribution >= 4 is 10.8 Å². The van der Waals surface area contributed by atoms with Crippen molar-refractivity contribution < 1.29 is 4.74 Å². The van der Waals surface area contributed by atoms with Gasteiger partial charge in [-0.1, -0.05) is 291 Å². The molecule has 0 radical (unpaired) electrons. The molecule has 0 spiro atoms. The summed E-state index contributed by atoms with van der Waals surface area (Å²) < 4.78 is 7.16. The summed E-state index contributed by atoms with van der Waals surface area (Å²) in [6.45, 7) is 69.2. The lowest BCUT2D eigenvalue weighted by Crippen LogP contribution is -2.48. The Bertz CT molecular complexity index is 2960. The highest BCUT2D eigenvalue weighted by molar-refractivity contribution is 5.86. The maximum absolute atomic E-state index is 5.25. The number of rotatable bonds is 10. The molecule has 13 fully saturated rings. The smallest absolute Gasteiger partial charge is 0.0652 e. The fourth-order valence-corrected chi connectivity index (χ4v) is 22.9. The van der Waals surface area contributed by atoms with E-state index in [4.69, 9.17) is 4.74 Å². The van der Waals surface area contributed by atoms with Crippen LogP contribution in [0.25, 0.3) is 10.8 Å². The van der Waals surface area contributed by atoms with Gasteiger partial charge in [0.15, 0.2) is 0 Å². The van der Waals surface area contributed by atoms with Crippen LogP contribution in [0, 0.1) is 154 Å². The number of ether oxygens (including phenoxy) is 1. The van der Waals surface area contributed by atoms with Crippen molar-refractivity contribution in [3.63, 3.8) is 0 Å². The van der Waals surface area contributed by atoms with Crippen LogP contribution in [0.1, 0.15) is 386 Å². The van der Waals surface area contributed by atoms with Crippen LogP contribution in [0.2, 0.25) is 0 Å². The molecule has 2 unspecified atom stereocenters. The minimum Gasteiger partial charge on any atom is -0.381 e. The second kappa shape index (κ2) is 40.3. The molecular formula is C101H174N2O. The zero-order chi connectivity index (χ0) is 77.4. The van der Waals surface area contributed by atoms with E-state index in [1.165, 1.54) is 128 Å². The second-order valence-corrected chi connectivity index (χ2v) is 42.4. The summed E-state index contributed by atoms with van der Waals surface area (Å²) in [4.78, 5) is 0. The molecule has 594 valence electrons.